The van der Waals surface area contributed by atoms with E-state index in [-0.39, 0.29) is 36.0 Å². The first kappa shape index (κ1) is 33.1. The number of anilines is 1. The lowest BCUT2D eigenvalue weighted by Crippen LogP contribution is -2.33. The van der Waals surface area contributed by atoms with Crippen LogP contribution in [0.2, 0.25) is 0 Å². The lowest BCUT2D eigenvalue weighted by atomic mass is 9.67. The van der Waals surface area contributed by atoms with Crippen molar-refractivity contribution in [2.45, 2.75) is 70.3 Å². The number of nitrogens with one attached hydrogen (secondary N) is 2. The molecule has 2 aromatic rings. The minimum absolute atomic E-state index is 0.0784. The smallest absolute Gasteiger partial charge is 0.330 e. The van der Waals surface area contributed by atoms with Gasteiger partial charge in [0.15, 0.2) is 5.71 Å². The van der Waals surface area contributed by atoms with Crippen LogP contribution in [-0.4, -0.2) is 77.3 Å². The van der Waals surface area contributed by atoms with E-state index in [0.717, 1.165) is 12.2 Å². The SMILES string of the molecule is CC[C@H]1O[C@@H](n2cc(/C=C/CNC(=O)CCCN(C)c3ccc4c(c3)C(C)(C)C3=CC(=[N+](C)C)C=CC3=C4)c(=O)[nH]c2=O)C[C@H]1O. The maximum Gasteiger partial charge on any atom is 0.330 e. The number of carbonyl (C=O) groups is 1. The minimum Gasteiger partial charge on any atom is -0.390 e. The summed E-state index contributed by atoms with van der Waals surface area (Å²) >= 11 is 0. The van der Waals surface area contributed by atoms with Crippen LogP contribution < -0.4 is 21.5 Å². The van der Waals surface area contributed by atoms with Crippen LogP contribution in [0.25, 0.3) is 12.2 Å². The van der Waals surface area contributed by atoms with Crippen molar-refractivity contribution in [1.29, 1.82) is 0 Å². The molecular weight excluding hydrogens is 582 g/mol. The van der Waals surface area contributed by atoms with E-state index in [2.05, 4.69) is 97.3 Å². The second-order valence-corrected chi connectivity index (χ2v) is 13.0. The van der Waals surface area contributed by atoms with E-state index in [1.54, 1.807) is 12.2 Å². The number of fused-ring (bicyclic) bond motifs is 2. The molecule has 0 radical (unpaired) electrons. The molecule has 2 heterocycles. The molecule has 3 aliphatic rings. The van der Waals surface area contributed by atoms with Gasteiger partial charge in [0.2, 0.25) is 5.91 Å². The monoisotopic (exact) mass is 628 g/mol. The Morgan fingerprint density at radius 3 is 2.74 bits per heavy atom. The molecule has 10 heteroatoms. The van der Waals surface area contributed by atoms with Crippen LogP contribution in [0.4, 0.5) is 5.69 Å². The Kier molecular flexibility index (Phi) is 9.79. The lowest BCUT2D eigenvalue weighted by Gasteiger charge is -2.36. The van der Waals surface area contributed by atoms with Crippen molar-refractivity contribution in [1.82, 2.24) is 14.9 Å². The fourth-order valence-corrected chi connectivity index (χ4v) is 6.39. The summed E-state index contributed by atoms with van der Waals surface area (Å²) in [4.78, 5) is 41.8. The third-order valence-corrected chi connectivity index (χ3v) is 9.21. The third-order valence-electron chi connectivity index (χ3n) is 9.21. The van der Waals surface area contributed by atoms with Gasteiger partial charge in [0.05, 0.1) is 17.8 Å². The summed E-state index contributed by atoms with van der Waals surface area (Å²) in [6.07, 6.45) is 13.9. The zero-order valence-corrected chi connectivity index (χ0v) is 27.7. The average molecular weight is 629 g/mol. The standard InChI is InChI=1S/C36H45N5O5/c1-7-31-30(42)21-33(46-31)41-22-25(34(44)38-35(41)45)10-8-16-37-32(43)11-9-17-40(6)27-15-13-24-18-23-12-14-26(39(4)5)19-28(23)36(2,3)29(24)20-27/h8,10,12-15,18-20,22,30-31,33,42H,7,9,11,16-17,21H2,1-6H3,(H-,37,38,43,44,45)/p+1/b10-8+/t30-,31-,33-/m1/s1. The zero-order valence-electron chi connectivity index (χ0n) is 27.7. The average Bonchev–Trinajstić information content (AvgIpc) is 3.39. The molecule has 3 atom stereocenters. The van der Waals surface area contributed by atoms with Gasteiger partial charge in [0.1, 0.15) is 20.3 Å². The highest BCUT2D eigenvalue weighted by atomic mass is 16.5. The second-order valence-electron chi connectivity index (χ2n) is 13.0. The molecule has 0 spiro atoms. The summed E-state index contributed by atoms with van der Waals surface area (Å²) in [5, 5.41) is 13.0. The molecule has 1 amide bonds. The first-order valence-electron chi connectivity index (χ1n) is 16.0. The zero-order chi connectivity index (χ0) is 33.2. The Morgan fingerprint density at radius 1 is 1.24 bits per heavy atom. The number of amides is 1. The number of allylic oxidation sites excluding steroid dienone is 5. The number of aliphatic hydroxyl groups excluding tert-OH is 1. The van der Waals surface area contributed by atoms with E-state index in [9.17, 15) is 19.5 Å². The molecule has 2 aliphatic carbocycles. The number of ether oxygens (including phenoxy) is 1. The summed E-state index contributed by atoms with van der Waals surface area (Å²) < 4.78 is 9.22. The molecule has 0 bridgehead atoms. The Hall–Kier alpha value is -4.28. The highest BCUT2D eigenvalue weighted by molar-refractivity contribution is 6.04. The Bertz CT molecular complexity index is 1770. The molecule has 5 rings (SSSR count). The normalized spacial score (nSPS) is 21.5. The molecule has 0 unspecified atom stereocenters. The molecule has 0 saturated carbocycles. The van der Waals surface area contributed by atoms with Gasteiger partial charge in [-0.05, 0) is 59.4 Å². The van der Waals surface area contributed by atoms with Crippen LogP contribution in [0, 0.1) is 0 Å². The summed E-state index contributed by atoms with van der Waals surface area (Å²) in [7, 11) is 6.18. The molecule has 46 heavy (non-hydrogen) atoms. The van der Waals surface area contributed by atoms with Gasteiger partial charge in [-0.2, -0.15) is 0 Å². The van der Waals surface area contributed by atoms with Crippen molar-refractivity contribution >= 4 is 29.5 Å². The van der Waals surface area contributed by atoms with Crippen molar-refractivity contribution in [2.75, 3.05) is 39.1 Å². The number of nitrogens with zero attached hydrogens (tertiary/aromatic N) is 3. The van der Waals surface area contributed by atoms with E-state index >= 15 is 0 Å². The number of hydrogen-bond acceptors (Lipinski definition) is 6. The second kappa shape index (κ2) is 13.6. The largest absolute Gasteiger partial charge is 0.390 e. The predicted octanol–water partition coefficient (Wildman–Crippen LogP) is 3.52. The molecule has 244 valence electrons. The minimum atomic E-state index is -0.665. The molecule has 1 aliphatic heterocycles. The Morgan fingerprint density at radius 2 is 2.02 bits per heavy atom. The predicted molar refractivity (Wildman–Crippen MR) is 182 cm³/mol. The number of benzene rings is 1. The molecule has 1 aromatic carbocycles. The van der Waals surface area contributed by atoms with E-state index in [1.807, 2.05) is 6.92 Å². The molecule has 3 N–H and O–H groups in total. The highest BCUT2D eigenvalue weighted by Crippen LogP contribution is 2.45. The fourth-order valence-electron chi connectivity index (χ4n) is 6.39. The molecule has 1 aromatic heterocycles. The first-order valence-corrected chi connectivity index (χ1v) is 16.0. The van der Waals surface area contributed by atoms with Crippen LogP contribution in [0.3, 0.4) is 0 Å². The Balaban J connectivity index is 1.14. The highest BCUT2D eigenvalue weighted by Gasteiger charge is 2.36. The van der Waals surface area contributed by atoms with E-state index in [4.69, 9.17) is 4.74 Å². The van der Waals surface area contributed by atoms with Gasteiger partial charge >= 0.3 is 5.69 Å². The molecule has 10 nitrogen and oxygen atoms in total. The number of aromatic nitrogens is 2. The number of carbonyl (C=O) groups excluding carboxylic acids is 1. The Labute approximate surface area is 270 Å². The van der Waals surface area contributed by atoms with Gasteiger partial charge < -0.3 is 20.1 Å². The maximum absolute atomic E-state index is 12.5. The van der Waals surface area contributed by atoms with Crippen molar-refractivity contribution in [3.8, 4) is 0 Å². The van der Waals surface area contributed by atoms with Crippen LogP contribution in [0.15, 0.2) is 69.4 Å². The number of aliphatic hydroxyl groups is 1. The van der Waals surface area contributed by atoms with Crippen LogP contribution in [0.1, 0.15) is 69.4 Å². The number of hydrogen-bond donors (Lipinski definition) is 3. The quantitative estimate of drug-likeness (QED) is 0.347. The molecule has 1 saturated heterocycles. The molecular formula is C36H46N5O5+. The van der Waals surface area contributed by atoms with Crippen molar-refractivity contribution in [3.63, 3.8) is 0 Å². The van der Waals surface area contributed by atoms with Gasteiger partial charge in [-0.1, -0.05) is 39.0 Å². The van der Waals surface area contributed by atoms with Crippen molar-refractivity contribution in [3.05, 3.63) is 97.4 Å². The van der Waals surface area contributed by atoms with Crippen molar-refractivity contribution in [2.24, 2.45) is 0 Å². The number of aromatic amines is 1. The topological polar surface area (TPSA) is 120 Å². The van der Waals surface area contributed by atoms with Gasteiger partial charge in [0.25, 0.3) is 5.56 Å². The van der Waals surface area contributed by atoms with Crippen LogP contribution >= 0.6 is 0 Å². The van der Waals surface area contributed by atoms with E-state index in [0.29, 0.717) is 19.3 Å². The van der Waals surface area contributed by atoms with Gasteiger partial charge in [-0.3, -0.25) is 19.1 Å². The summed E-state index contributed by atoms with van der Waals surface area (Å²) in [5.41, 5.74) is 6.40. The lowest BCUT2D eigenvalue weighted by molar-refractivity contribution is -0.462. The van der Waals surface area contributed by atoms with Crippen LogP contribution in [-0.2, 0) is 14.9 Å². The first-order chi connectivity index (χ1) is 21.9. The van der Waals surface area contributed by atoms with Gasteiger partial charge in [-0.15, -0.1) is 0 Å². The fraction of sp³-hybridized carbons (Fsp3) is 0.444. The third kappa shape index (κ3) is 6.93. The molecule has 1 fully saturated rings. The van der Waals surface area contributed by atoms with E-state index in [1.165, 1.54) is 38.7 Å². The number of H-pyrrole nitrogens is 1. The van der Waals surface area contributed by atoms with Gasteiger partial charge in [-0.25, -0.2) is 9.37 Å². The number of rotatable bonds is 10. The summed E-state index contributed by atoms with van der Waals surface area (Å²) in [6, 6.07) is 6.60. The summed E-state index contributed by atoms with van der Waals surface area (Å²) in [6.45, 7) is 7.44. The van der Waals surface area contributed by atoms with Crippen molar-refractivity contribution < 1.29 is 19.2 Å². The van der Waals surface area contributed by atoms with Gasteiger partial charge in [0, 0.05) is 62.4 Å². The van der Waals surface area contributed by atoms with E-state index < -0.39 is 23.6 Å². The maximum atomic E-state index is 12.5. The summed E-state index contributed by atoms with van der Waals surface area (Å²) in [5.74, 6) is -0.0784. The van der Waals surface area contributed by atoms with Crippen LogP contribution in [0.5, 0.6) is 0 Å².